The summed E-state index contributed by atoms with van der Waals surface area (Å²) in [5, 5.41) is 2.90. The molecule has 5 heteroatoms. The van der Waals surface area contributed by atoms with Gasteiger partial charge in [0.1, 0.15) is 0 Å². The molecule has 0 saturated carbocycles. The van der Waals surface area contributed by atoms with Crippen LogP contribution in [0.2, 0.25) is 0 Å². The van der Waals surface area contributed by atoms with Gasteiger partial charge in [-0.05, 0) is 26.3 Å². The second-order valence-electron chi connectivity index (χ2n) is 3.74. The van der Waals surface area contributed by atoms with Crippen LogP contribution >= 0.6 is 11.3 Å². The van der Waals surface area contributed by atoms with E-state index in [1.807, 2.05) is 6.92 Å². The first-order valence-electron chi connectivity index (χ1n) is 5.59. The monoisotopic (exact) mass is 241 g/mol. The van der Waals surface area contributed by atoms with E-state index in [1.54, 1.807) is 16.8 Å². The Labute approximate surface area is 100 Å². The van der Waals surface area contributed by atoms with Crippen molar-refractivity contribution in [1.29, 1.82) is 0 Å². The maximum atomic E-state index is 11.5. The second-order valence-corrected chi connectivity index (χ2v) is 4.68. The lowest BCUT2D eigenvalue weighted by Gasteiger charge is -2.03. The molecule has 0 bridgehead atoms. The third kappa shape index (κ3) is 4.72. The highest BCUT2D eigenvalue weighted by molar-refractivity contribution is 7.09. The van der Waals surface area contributed by atoms with Crippen LogP contribution in [-0.2, 0) is 11.3 Å². The highest BCUT2D eigenvalue weighted by Crippen LogP contribution is 2.11. The summed E-state index contributed by atoms with van der Waals surface area (Å²) in [7, 11) is 0. The molecule has 1 heterocycles. The van der Waals surface area contributed by atoms with Gasteiger partial charge in [-0.3, -0.25) is 4.79 Å². The molecular weight excluding hydrogens is 222 g/mol. The normalized spacial score (nSPS) is 10.4. The van der Waals surface area contributed by atoms with Gasteiger partial charge in [0.15, 0.2) is 0 Å². The van der Waals surface area contributed by atoms with E-state index in [0.717, 1.165) is 29.8 Å². The van der Waals surface area contributed by atoms with Crippen LogP contribution in [0.3, 0.4) is 0 Å². The molecule has 3 N–H and O–H groups in total. The molecule has 0 saturated heterocycles. The van der Waals surface area contributed by atoms with Crippen LogP contribution in [-0.4, -0.2) is 17.4 Å². The molecule has 0 fully saturated rings. The summed E-state index contributed by atoms with van der Waals surface area (Å²) in [5.41, 5.74) is 8.19. The molecule has 16 heavy (non-hydrogen) atoms. The van der Waals surface area contributed by atoms with E-state index in [4.69, 9.17) is 5.73 Å². The molecule has 90 valence electrons. The van der Waals surface area contributed by atoms with Crippen molar-refractivity contribution in [3.05, 3.63) is 16.1 Å². The van der Waals surface area contributed by atoms with Gasteiger partial charge in [-0.15, -0.1) is 11.3 Å². The average molecular weight is 241 g/mol. The maximum Gasteiger partial charge on any atom is 0.220 e. The number of nitrogens with one attached hydrogen (secondary N) is 1. The van der Waals surface area contributed by atoms with Crippen molar-refractivity contribution < 1.29 is 4.79 Å². The molecule has 0 unspecified atom stereocenters. The highest BCUT2D eigenvalue weighted by Gasteiger charge is 2.04. The van der Waals surface area contributed by atoms with Crippen LogP contribution in [0.5, 0.6) is 0 Å². The number of rotatable bonds is 7. The van der Waals surface area contributed by atoms with Crippen molar-refractivity contribution in [3.8, 4) is 0 Å². The maximum absolute atomic E-state index is 11.5. The molecule has 1 aromatic heterocycles. The predicted molar refractivity (Wildman–Crippen MR) is 66.2 cm³/mol. The van der Waals surface area contributed by atoms with Gasteiger partial charge in [0, 0.05) is 11.3 Å². The summed E-state index contributed by atoms with van der Waals surface area (Å²) in [6, 6.07) is 0. The van der Waals surface area contributed by atoms with Gasteiger partial charge in [-0.2, -0.15) is 0 Å². The summed E-state index contributed by atoms with van der Waals surface area (Å²) < 4.78 is 0. The number of hydrogen-bond donors (Lipinski definition) is 2. The van der Waals surface area contributed by atoms with Crippen molar-refractivity contribution >= 4 is 17.2 Å². The number of carbonyl (C=O) groups excluding carboxylic acids is 1. The van der Waals surface area contributed by atoms with E-state index >= 15 is 0 Å². The van der Waals surface area contributed by atoms with Gasteiger partial charge in [-0.1, -0.05) is 6.42 Å². The van der Waals surface area contributed by atoms with Crippen LogP contribution in [0.25, 0.3) is 0 Å². The molecular formula is C11H19N3OS. The van der Waals surface area contributed by atoms with E-state index in [-0.39, 0.29) is 5.91 Å². The van der Waals surface area contributed by atoms with Crippen molar-refractivity contribution in [2.75, 3.05) is 6.54 Å². The third-order valence-corrected chi connectivity index (χ3v) is 3.33. The lowest BCUT2D eigenvalue weighted by Crippen LogP contribution is -2.22. The van der Waals surface area contributed by atoms with Crippen molar-refractivity contribution in [2.45, 2.75) is 39.2 Å². The number of thiazole rings is 1. The van der Waals surface area contributed by atoms with Crippen LogP contribution in [0.4, 0.5) is 0 Å². The zero-order valence-electron chi connectivity index (χ0n) is 9.66. The lowest BCUT2D eigenvalue weighted by atomic mass is 10.2. The second kappa shape index (κ2) is 7.35. The Morgan fingerprint density at radius 2 is 2.31 bits per heavy atom. The van der Waals surface area contributed by atoms with E-state index in [1.165, 1.54) is 0 Å². The first-order valence-corrected chi connectivity index (χ1v) is 6.47. The zero-order chi connectivity index (χ0) is 11.8. The topological polar surface area (TPSA) is 68.0 Å². The van der Waals surface area contributed by atoms with E-state index < -0.39 is 0 Å². The van der Waals surface area contributed by atoms with Crippen molar-refractivity contribution in [3.63, 3.8) is 0 Å². The number of hydrogen-bond acceptors (Lipinski definition) is 4. The van der Waals surface area contributed by atoms with Crippen molar-refractivity contribution in [1.82, 2.24) is 10.3 Å². The average Bonchev–Trinajstić information content (AvgIpc) is 2.67. The van der Waals surface area contributed by atoms with Gasteiger partial charge >= 0.3 is 0 Å². The molecule has 0 aliphatic heterocycles. The fourth-order valence-electron chi connectivity index (χ4n) is 1.37. The van der Waals surface area contributed by atoms with Gasteiger partial charge in [0.2, 0.25) is 5.91 Å². The fraction of sp³-hybridized carbons (Fsp3) is 0.636. The Morgan fingerprint density at radius 1 is 1.50 bits per heavy atom. The fourth-order valence-corrected chi connectivity index (χ4v) is 2.09. The first-order chi connectivity index (χ1) is 7.74. The largest absolute Gasteiger partial charge is 0.351 e. The zero-order valence-corrected chi connectivity index (χ0v) is 10.5. The van der Waals surface area contributed by atoms with Crippen LogP contribution in [0.15, 0.2) is 5.51 Å². The Bertz CT molecular complexity index is 325. The SMILES string of the molecule is Cc1ncsc1CNC(=O)CCCCCN. The molecule has 0 aromatic carbocycles. The van der Waals surface area contributed by atoms with E-state index in [2.05, 4.69) is 10.3 Å². The van der Waals surface area contributed by atoms with Gasteiger partial charge in [0.05, 0.1) is 17.7 Å². The number of aryl methyl sites for hydroxylation is 1. The molecule has 0 atom stereocenters. The standard InChI is InChI=1S/C11H19N3OS/c1-9-10(16-8-14-9)7-13-11(15)5-3-2-4-6-12/h8H,2-7,12H2,1H3,(H,13,15). The number of unbranched alkanes of at least 4 members (excludes halogenated alkanes) is 2. The highest BCUT2D eigenvalue weighted by atomic mass is 32.1. The Hall–Kier alpha value is -0.940. The minimum Gasteiger partial charge on any atom is -0.351 e. The number of nitrogens with zero attached hydrogens (tertiary/aromatic N) is 1. The van der Waals surface area contributed by atoms with Crippen molar-refractivity contribution in [2.24, 2.45) is 5.73 Å². The van der Waals surface area contributed by atoms with E-state index in [0.29, 0.717) is 19.5 Å². The summed E-state index contributed by atoms with van der Waals surface area (Å²) in [5.74, 6) is 0.116. The quantitative estimate of drug-likeness (QED) is 0.712. The predicted octanol–water partition coefficient (Wildman–Crippen LogP) is 1.59. The Balaban J connectivity index is 2.13. The van der Waals surface area contributed by atoms with E-state index in [9.17, 15) is 4.79 Å². The van der Waals surface area contributed by atoms with Crippen LogP contribution in [0.1, 0.15) is 36.3 Å². The molecule has 1 amide bonds. The smallest absolute Gasteiger partial charge is 0.220 e. The van der Waals surface area contributed by atoms with Crippen LogP contribution in [0, 0.1) is 6.92 Å². The lowest BCUT2D eigenvalue weighted by molar-refractivity contribution is -0.121. The Morgan fingerprint density at radius 3 is 2.94 bits per heavy atom. The van der Waals surface area contributed by atoms with Gasteiger partial charge in [-0.25, -0.2) is 4.98 Å². The van der Waals surface area contributed by atoms with Gasteiger partial charge < -0.3 is 11.1 Å². The van der Waals surface area contributed by atoms with Gasteiger partial charge in [0.25, 0.3) is 0 Å². The number of carbonyl (C=O) groups is 1. The number of amides is 1. The molecule has 1 aromatic rings. The number of aromatic nitrogens is 1. The summed E-state index contributed by atoms with van der Waals surface area (Å²) in [6.07, 6.45) is 3.55. The number of nitrogens with two attached hydrogens (primary N) is 1. The molecule has 0 aliphatic carbocycles. The molecule has 4 nitrogen and oxygen atoms in total. The Kier molecular flexibility index (Phi) is 6.03. The summed E-state index contributed by atoms with van der Waals surface area (Å²) in [6.45, 7) is 3.27. The summed E-state index contributed by atoms with van der Waals surface area (Å²) >= 11 is 1.58. The minimum atomic E-state index is 0.116. The third-order valence-electron chi connectivity index (χ3n) is 2.40. The molecule has 0 spiro atoms. The van der Waals surface area contributed by atoms with Crippen LogP contribution < -0.4 is 11.1 Å². The summed E-state index contributed by atoms with van der Waals surface area (Å²) in [4.78, 5) is 16.7. The molecule has 0 aliphatic rings. The molecule has 1 rings (SSSR count). The first kappa shape index (κ1) is 13.1. The molecule has 0 radical (unpaired) electrons. The minimum absolute atomic E-state index is 0.116.